The number of nitrogens with two attached hydrogens (primary N) is 1. The second-order valence-corrected chi connectivity index (χ2v) is 6.24. The predicted molar refractivity (Wildman–Crippen MR) is 92.3 cm³/mol. The van der Waals surface area contributed by atoms with E-state index in [-0.39, 0.29) is 36.6 Å². The van der Waals surface area contributed by atoms with Crippen molar-refractivity contribution < 1.29 is 4.79 Å². The lowest BCUT2D eigenvalue weighted by Gasteiger charge is -2.24. The number of carbonyl (C=O) groups is 1. The fourth-order valence-corrected chi connectivity index (χ4v) is 3.68. The van der Waals surface area contributed by atoms with E-state index in [4.69, 9.17) is 5.73 Å². The summed E-state index contributed by atoms with van der Waals surface area (Å²) in [5.74, 6) is 0.808. The molecule has 3 N–H and O–H groups in total. The van der Waals surface area contributed by atoms with Gasteiger partial charge in [0, 0.05) is 25.0 Å². The average Bonchev–Trinajstić information content (AvgIpc) is 3.09. The van der Waals surface area contributed by atoms with Crippen LogP contribution in [0.3, 0.4) is 0 Å². The predicted octanol–water partition coefficient (Wildman–Crippen LogP) is 2.20. The number of amides is 1. The molecule has 4 nitrogen and oxygen atoms in total. The van der Waals surface area contributed by atoms with Crippen molar-refractivity contribution in [3.05, 3.63) is 0 Å². The normalized spacial score (nSPS) is 25.5. The second kappa shape index (κ2) is 10.7. The summed E-state index contributed by atoms with van der Waals surface area (Å²) < 4.78 is 0. The van der Waals surface area contributed by atoms with E-state index < -0.39 is 0 Å². The quantitative estimate of drug-likeness (QED) is 0.779. The third-order valence-electron chi connectivity index (χ3n) is 5.01. The van der Waals surface area contributed by atoms with Crippen molar-refractivity contribution in [1.82, 2.24) is 10.2 Å². The number of hydrogen-bond donors (Lipinski definition) is 2. The van der Waals surface area contributed by atoms with E-state index in [1.165, 1.54) is 25.7 Å². The van der Waals surface area contributed by atoms with Crippen molar-refractivity contribution in [2.45, 2.75) is 51.0 Å². The van der Waals surface area contributed by atoms with Gasteiger partial charge in [0.2, 0.25) is 5.91 Å². The highest BCUT2D eigenvalue weighted by Gasteiger charge is 2.31. The molecule has 0 saturated heterocycles. The fraction of sp³-hybridized carbons (Fsp3) is 0.933. The minimum Gasteiger partial charge on any atom is -0.355 e. The lowest BCUT2D eigenvalue weighted by atomic mass is 9.95. The lowest BCUT2D eigenvalue weighted by Crippen LogP contribution is -2.40. The maximum absolute atomic E-state index is 12.1. The summed E-state index contributed by atoms with van der Waals surface area (Å²) in [5.41, 5.74) is 5.73. The lowest BCUT2D eigenvalue weighted by molar-refractivity contribution is -0.126. The monoisotopic (exact) mass is 339 g/mol. The van der Waals surface area contributed by atoms with E-state index >= 15 is 0 Å². The van der Waals surface area contributed by atoms with E-state index in [9.17, 15) is 4.79 Å². The van der Waals surface area contributed by atoms with Crippen molar-refractivity contribution in [1.29, 1.82) is 0 Å². The summed E-state index contributed by atoms with van der Waals surface area (Å²) in [7, 11) is 2.18. The smallest absolute Gasteiger partial charge is 0.223 e. The van der Waals surface area contributed by atoms with Crippen molar-refractivity contribution in [2.24, 2.45) is 17.6 Å². The number of halogens is 2. The molecule has 0 heterocycles. The van der Waals surface area contributed by atoms with Gasteiger partial charge in [-0.2, -0.15) is 0 Å². The maximum atomic E-state index is 12.1. The number of carbonyl (C=O) groups excluding carboxylic acids is 1. The zero-order valence-electron chi connectivity index (χ0n) is 13.1. The number of rotatable bonds is 6. The van der Waals surface area contributed by atoms with Crippen LogP contribution < -0.4 is 11.1 Å². The Balaban J connectivity index is 0.00000200. The molecule has 0 aromatic rings. The molecule has 0 aromatic heterocycles. The van der Waals surface area contributed by atoms with Crippen LogP contribution in [0.5, 0.6) is 0 Å². The van der Waals surface area contributed by atoms with Gasteiger partial charge in [0.05, 0.1) is 0 Å². The van der Waals surface area contributed by atoms with Crippen LogP contribution in [0.1, 0.15) is 44.9 Å². The van der Waals surface area contributed by atoms with Crippen LogP contribution in [0.15, 0.2) is 0 Å². The van der Waals surface area contributed by atoms with Crippen LogP contribution in [0.2, 0.25) is 0 Å². The zero-order valence-corrected chi connectivity index (χ0v) is 14.7. The van der Waals surface area contributed by atoms with Crippen LogP contribution in [-0.4, -0.2) is 43.5 Å². The van der Waals surface area contributed by atoms with E-state index in [0.29, 0.717) is 12.5 Å². The van der Waals surface area contributed by atoms with Crippen LogP contribution in [-0.2, 0) is 4.79 Å². The molecule has 1 amide bonds. The Morgan fingerprint density at radius 3 is 2.43 bits per heavy atom. The van der Waals surface area contributed by atoms with Gasteiger partial charge in [-0.05, 0) is 45.2 Å². The molecule has 126 valence electrons. The van der Waals surface area contributed by atoms with Gasteiger partial charge in [0.25, 0.3) is 0 Å². The molecule has 2 aliphatic carbocycles. The molecule has 2 rings (SSSR count). The summed E-state index contributed by atoms with van der Waals surface area (Å²) in [5, 5.41) is 3.11. The van der Waals surface area contributed by atoms with Gasteiger partial charge in [0.1, 0.15) is 0 Å². The van der Waals surface area contributed by atoms with Crippen LogP contribution in [0.4, 0.5) is 0 Å². The van der Waals surface area contributed by atoms with E-state index in [1.54, 1.807) is 0 Å². The molecular formula is C15H31Cl2N3O. The van der Waals surface area contributed by atoms with Gasteiger partial charge in [0.15, 0.2) is 0 Å². The fourth-order valence-electron chi connectivity index (χ4n) is 3.68. The highest BCUT2D eigenvalue weighted by Crippen LogP contribution is 2.30. The van der Waals surface area contributed by atoms with Crippen molar-refractivity contribution in [3.8, 4) is 0 Å². The van der Waals surface area contributed by atoms with Gasteiger partial charge in [-0.15, -0.1) is 24.8 Å². The van der Waals surface area contributed by atoms with Gasteiger partial charge in [-0.25, -0.2) is 0 Å². The van der Waals surface area contributed by atoms with Gasteiger partial charge < -0.3 is 16.0 Å². The van der Waals surface area contributed by atoms with Gasteiger partial charge >= 0.3 is 0 Å². The largest absolute Gasteiger partial charge is 0.355 e. The van der Waals surface area contributed by atoms with E-state index in [0.717, 1.165) is 38.4 Å². The first-order valence-corrected chi connectivity index (χ1v) is 7.90. The topological polar surface area (TPSA) is 58.4 Å². The summed E-state index contributed by atoms with van der Waals surface area (Å²) >= 11 is 0. The number of likely N-dealkylation sites (N-methyl/N-ethyl adjacent to an activating group) is 1. The molecular weight excluding hydrogens is 309 g/mol. The molecule has 2 fully saturated rings. The first-order valence-electron chi connectivity index (χ1n) is 7.90. The molecule has 2 saturated carbocycles. The zero-order chi connectivity index (χ0) is 13.7. The van der Waals surface area contributed by atoms with E-state index in [2.05, 4.69) is 17.3 Å². The highest BCUT2D eigenvalue weighted by atomic mass is 35.5. The molecule has 6 heteroatoms. The number of nitrogens with one attached hydrogen (secondary N) is 1. The third kappa shape index (κ3) is 5.93. The number of nitrogens with zero attached hydrogens (tertiary/aromatic N) is 1. The standard InChI is InChI=1S/C15H29N3O.2ClH/c1-18(13-6-2-3-7-13)10-9-17-15(19)14-8-4-5-12(14)11-16;;/h12-14H,2-11,16H2,1H3,(H,17,19);2*1H/t12-,14-;;/m1../s1. The molecule has 0 aromatic carbocycles. The average molecular weight is 340 g/mol. The minimum absolute atomic E-state index is 0. The van der Waals surface area contributed by atoms with Gasteiger partial charge in [-0.1, -0.05) is 19.3 Å². The molecule has 21 heavy (non-hydrogen) atoms. The van der Waals surface area contributed by atoms with Gasteiger partial charge in [-0.3, -0.25) is 4.79 Å². The molecule has 0 aliphatic heterocycles. The third-order valence-corrected chi connectivity index (χ3v) is 5.01. The Morgan fingerprint density at radius 2 is 1.81 bits per heavy atom. The van der Waals surface area contributed by atoms with Crippen molar-refractivity contribution >= 4 is 30.7 Å². The molecule has 0 unspecified atom stereocenters. The Bertz CT molecular complexity index is 299. The second-order valence-electron chi connectivity index (χ2n) is 6.24. The Labute approximate surface area is 141 Å². The summed E-state index contributed by atoms with van der Waals surface area (Å²) in [6, 6.07) is 0.736. The first-order chi connectivity index (χ1) is 9.22. The molecule has 0 bridgehead atoms. The van der Waals surface area contributed by atoms with Crippen LogP contribution >= 0.6 is 24.8 Å². The maximum Gasteiger partial charge on any atom is 0.223 e. The Morgan fingerprint density at radius 1 is 1.14 bits per heavy atom. The molecule has 0 spiro atoms. The van der Waals surface area contributed by atoms with Crippen LogP contribution in [0.25, 0.3) is 0 Å². The summed E-state index contributed by atoms with van der Waals surface area (Å²) in [6.07, 6.45) is 8.67. The SMILES string of the molecule is CN(CCNC(=O)[C@@H]1CCC[C@@H]1CN)C1CCCC1.Cl.Cl. The van der Waals surface area contributed by atoms with Crippen molar-refractivity contribution in [3.63, 3.8) is 0 Å². The molecule has 2 aliphatic rings. The Hall–Kier alpha value is -0.0300. The summed E-state index contributed by atoms with van der Waals surface area (Å²) in [6.45, 7) is 2.40. The first kappa shape index (κ1) is 21.0. The number of hydrogen-bond acceptors (Lipinski definition) is 3. The van der Waals surface area contributed by atoms with E-state index in [1.807, 2.05) is 0 Å². The molecule has 0 radical (unpaired) electrons. The van der Waals surface area contributed by atoms with Crippen LogP contribution in [0, 0.1) is 11.8 Å². The van der Waals surface area contributed by atoms with Crippen molar-refractivity contribution in [2.75, 3.05) is 26.7 Å². The minimum atomic E-state index is 0. The highest BCUT2D eigenvalue weighted by molar-refractivity contribution is 5.85. The summed E-state index contributed by atoms with van der Waals surface area (Å²) in [4.78, 5) is 14.5. The Kier molecular flexibility index (Phi) is 10.6. The molecule has 2 atom stereocenters.